The molecule has 0 unspecified atom stereocenters. The van der Waals surface area contributed by atoms with Crippen LogP contribution in [0.1, 0.15) is 43.7 Å². The molecule has 1 heterocycles. The lowest BCUT2D eigenvalue weighted by Crippen LogP contribution is -2.13. The van der Waals surface area contributed by atoms with Crippen molar-refractivity contribution in [1.82, 2.24) is 9.97 Å². The number of hydrogen-bond donors (Lipinski definition) is 2. The predicted octanol–water partition coefficient (Wildman–Crippen LogP) is 7.25. The molecule has 0 spiro atoms. The largest absolute Gasteiger partial charge is 0.491 e. The number of ether oxygens (including phenoxy) is 1. The van der Waals surface area contributed by atoms with Crippen molar-refractivity contribution in [2.45, 2.75) is 45.7 Å². The number of nitrogens with one attached hydrogen (secondary N) is 2. The minimum atomic E-state index is -4.61. The fourth-order valence-corrected chi connectivity index (χ4v) is 3.11. The number of rotatable bonds is 10. The van der Waals surface area contributed by atoms with E-state index in [0.29, 0.717) is 23.7 Å². The zero-order valence-corrected chi connectivity index (χ0v) is 18.2. The van der Waals surface area contributed by atoms with Gasteiger partial charge in [0.2, 0.25) is 5.95 Å². The average Bonchev–Trinajstić information content (AvgIpc) is 2.76. The second-order valence-electron chi connectivity index (χ2n) is 7.42. The molecule has 0 aliphatic rings. The quantitative estimate of drug-likeness (QED) is 0.323. The Hall–Kier alpha value is -3.29. The highest BCUT2D eigenvalue weighted by Crippen LogP contribution is 2.37. The van der Waals surface area contributed by atoms with Gasteiger partial charge in [-0.3, -0.25) is 0 Å². The summed E-state index contributed by atoms with van der Waals surface area (Å²) in [5.74, 6) is 0.197. The van der Waals surface area contributed by atoms with Crippen LogP contribution in [0.2, 0.25) is 0 Å². The van der Waals surface area contributed by atoms with Gasteiger partial charge in [-0.15, -0.1) is 0 Å². The first-order valence-corrected chi connectivity index (χ1v) is 10.6. The average molecular weight is 445 g/mol. The van der Waals surface area contributed by atoms with Gasteiger partial charge in [-0.1, -0.05) is 56.5 Å². The van der Waals surface area contributed by atoms with Gasteiger partial charge in [-0.25, -0.2) is 4.98 Å². The van der Waals surface area contributed by atoms with Crippen LogP contribution in [0.4, 0.5) is 36.3 Å². The lowest BCUT2D eigenvalue weighted by Gasteiger charge is -2.17. The lowest BCUT2D eigenvalue weighted by molar-refractivity contribution is -0.137. The molecule has 170 valence electrons. The summed E-state index contributed by atoms with van der Waals surface area (Å²) in [4.78, 5) is 7.99. The molecule has 0 amide bonds. The Morgan fingerprint density at radius 3 is 2.34 bits per heavy atom. The van der Waals surface area contributed by atoms with E-state index in [2.05, 4.69) is 27.5 Å². The number of aromatic nitrogens is 2. The van der Waals surface area contributed by atoms with Crippen molar-refractivity contribution in [1.29, 1.82) is 0 Å². The standard InChI is InChI=1S/C24H27F3N4O/c1-3-4-5-10-15-32-21-14-9-8-13-20(21)29-22-18(24(25,26)27)16-28-23(31-22)30-19-12-7-6-11-17(19)2/h6-9,11-14,16H,3-5,10,15H2,1-2H3,(H2,28,29,30,31). The van der Waals surface area contributed by atoms with Gasteiger partial charge >= 0.3 is 6.18 Å². The Labute approximate surface area is 186 Å². The summed E-state index contributed by atoms with van der Waals surface area (Å²) in [6.45, 7) is 4.51. The zero-order valence-electron chi connectivity index (χ0n) is 18.2. The van der Waals surface area contributed by atoms with Crippen LogP contribution in [0.25, 0.3) is 0 Å². The molecule has 0 atom stereocenters. The van der Waals surface area contributed by atoms with E-state index in [1.54, 1.807) is 24.3 Å². The molecule has 0 aliphatic carbocycles. The molecule has 0 saturated heterocycles. The number of nitrogens with zero attached hydrogens (tertiary/aromatic N) is 2. The molecular formula is C24H27F3N4O. The Morgan fingerprint density at radius 2 is 1.62 bits per heavy atom. The van der Waals surface area contributed by atoms with Crippen LogP contribution in [-0.2, 0) is 6.18 Å². The number of aryl methyl sites for hydroxylation is 1. The van der Waals surface area contributed by atoms with Crippen molar-refractivity contribution < 1.29 is 17.9 Å². The van der Waals surface area contributed by atoms with Crippen LogP contribution in [0, 0.1) is 6.92 Å². The van der Waals surface area contributed by atoms with Crippen molar-refractivity contribution >= 4 is 23.1 Å². The van der Waals surface area contributed by atoms with E-state index in [0.717, 1.165) is 37.4 Å². The van der Waals surface area contributed by atoms with Crippen LogP contribution in [-0.4, -0.2) is 16.6 Å². The van der Waals surface area contributed by atoms with E-state index in [1.807, 2.05) is 31.2 Å². The van der Waals surface area contributed by atoms with Gasteiger partial charge in [0.15, 0.2) is 0 Å². The highest BCUT2D eigenvalue weighted by atomic mass is 19.4. The number of alkyl halides is 3. The summed E-state index contributed by atoms with van der Waals surface area (Å²) >= 11 is 0. The molecule has 2 aromatic carbocycles. The number of para-hydroxylation sites is 3. The number of halogens is 3. The van der Waals surface area contributed by atoms with Crippen LogP contribution in [0.5, 0.6) is 5.75 Å². The molecule has 0 aliphatic heterocycles. The van der Waals surface area contributed by atoms with E-state index in [-0.39, 0.29) is 11.8 Å². The van der Waals surface area contributed by atoms with Crippen molar-refractivity contribution in [3.8, 4) is 5.75 Å². The summed E-state index contributed by atoms with van der Waals surface area (Å²) in [5.41, 5.74) is 1.10. The topological polar surface area (TPSA) is 59.1 Å². The number of hydrogen-bond acceptors (Lipinski definition) is 5. The third-order valence-corrected chi connectivity index (χ3v) is 4.88. The van der Waals surface area contributed by atoms with E-state index in [9.17, 15) is 13.2 Å². The Kier molecular flexibility index (Phi) is 7.92. The minimum Gasteiger partial charge on any atom is -0.491 e. The maximum absolute atomic E-state index is 13.6. The van der Waals surface area contributed by atoms with Crippen LogP contribution < -0.4 is 15.4 Å². The minimum absolute atomic E-state index is 0.0627. The van der Waals surface area contributed by atoms with Gasteiger partial charge in [0, 0.05) is 11.9 Å². The predicted molar refractivity (Wildman–Crippen MR) is 121 cm³/mol. The lowest BCUT2D eigenvalue weighted by atomic mass is 10.2. The van der Waals surface area contributed by atoms with E-state index < -0.39 is 11.7 Å². The fourth-order valence-electron chi connectivity index (χ4n) is 3.11. The summed E-state index contributed by atoms with van der Waals surface area (Å²) < 4.78 is 46.7. The number of benzene rings is 2. The molecule has 0 saturated carbocycles. The SMILES string of the molecule is CCCCCCOc1ccccc1Nc1nc(Nc2ccccc2C)ncc1C(F)(F)F. The molecule has 3 aromatic rings. The van der Waals surface area contributed by atoms with Crippen LogP contribution in [0.3, 0.4) is 0 Å². The number of unbranched alkanes of at least 4 members (excludes halogenated alkanes) is 3. The molecule has 2 N–H and O–H groups in total. The molecular weight excluding hydrogens is 417 g/mol. The van der Waals surface area contributed by atoms with Crippen LogP contribution >= 0.6 is 0 Å². The Bertz CT molecular complexity index is 1020. The summed E-state index contributed by atoms with van der Waals surface area (Å²) in [6, 6.07) is 14.3. The Balaban J connectivity index is 1.85. The summed E-state index contributed by atoms with van der Waals surface area (Å²) in [7, 11) is 0. The first-order chi connectivity index (χ1) is 15.4. The fraction of sp³-hybridized carbons (Fsp3) is 0.333. The first kappa shape index (κ1) is 23.4. The normalized spacial score (nSPS) is 11.3. The molecule has 1 aromatic heterocycles. The molecule has 8 heteroatoms. The summed E-state index contributed by atoms with van der Waals surface area (Å²) in [6.07, 6.45) is 0.336. The van der Waals surface area contributed by atoms with Gasteiger partial charge in [0.1, 0.15) is 17.1 Å². The third kappa shape index (κ3) is 6.35. The van der Waals surface area contributed by atoms with Crippen molar-refractivity contribution in [3.05, 3.63) is 65.9 Å². The van der Waals surface area contributed by atoms with Gasteiger partial charge in [0.25, 0.3) is 0 Å². The van der Waals surface area contributed by atoms with Crippen molar-refractivity contribution in [3.63, 3.8) is 0 Å². The van der Waals surface area contributed by atoms with Gasteiger partial charge in [-0.2, -0.15) is 18.2 Å². The number of anilines is 4. The highest BCUT2D eigenvalue weighted by molar-refractivity contribution is 5.68. The second kappa shape index (κ2) is 10.8. The van der Waals surface area contributed by atoms with E-state index in [1.165, 1.54) is 0 Å². The molecule has 3 rings (SSSR count). The van der Waals surface area contributed by atoms with Gasteiger partial charge in [-0.05, 0) is 37.1 Å². The van der Waals surface area contributed by atoms with E-state index in [4.69, 9.17) is 4.74 Å². The monoisotopic (exact) mass is 444 g/mol. The van der Waals surface area contributed by atoms with Crippen LogP contribution in [0.15, 0.2) is 54.7 Å². The summed E-state index contributed by atoms with van der Waals surface area (Å²) in [5, 5.41) is 5.79. The second-order valence-corrected chi connectivity index (χ2v) is 7.42. The molecule has 32 heavy (non-hydrogen) atoms. The third-order valence-electron chi connectivity index (χ3n) is 4.88. The smallest absolute Gasteiger partial charge is 0.421 e. The molecule has 0 bridgehead atoms. The van der Waals surface area contributed by atoms with Crippen molar-refractivity contribution in [2.75, 3.05) is 17.2 Å². The maximum Gasteiger partial charge on any atom is 0.421 e. The zero-order chi connectivity index (χ0) is 23.0. The van der Waals surface area contributed by atoms with Gasteiger partial charge < -0.3 is 15.4 Å². The van der Waals surface area contributed by atoms with Crippen molar-refractivity contribution in [2.24, 2.45) is 0 Å². The first-order valence-electron chi connectivity index (χ1n) is 10.6. The maximum atomic E-state index is 13.6. The van der Waals surface area contributed by atoms with Gasteiger partial charge in [0.05, 0.1) is 12.3 Å². The highest BCUT2D eigenvalue weighted by Gasteiger charge is 2.35. The Morgan fingerprint density at radius 1 is 0.906 bits per heavy atom. The van der Waals surface area contributed by atoms with E-state index >= 15 is 0 Å². The molecule has 0 fully saturated rings. The molecule has 5 nitrogen and oxygen atoms in total. The molecule has 0 radical (unpaired) electrons.